The molecule has 5 nitrogen and oxygen atoms in total. The number of esters is 1. The summed E-state index contributed by atoms with van der Waals surface area (Å²) >= 11 is 2.87. The average Bonchev–Trinajstić information content (AvgIpc) is 2.77. The molecule has 1 aromatic heterocycles. The zero-order valence-electron chi connectivity index (χ0n) is 7.52. The van der Waals surface area contributed by atoms with Crippen LogP contribution in [-0.4, -0.2) is 35.1 Å². The normalized spacial score (nSPS) is 20.9. The van der Waals surface area contributed by atoms with Crippen LogP contribution in [0.4, 0.5) is 5.13 Å². The van der Waals surface area contributed by atoms with E-state index >= 15 is 0 Å². The van der Waals surface area contributed by atoms with Crippen molar-refractivity contribution in [3.8, 4) is 0 Å². The van der Waals surface area contributed by atoms with E-state index in [4.69, 9.17) is 4.74 Å². The third-order valence-electron chi connectivity index (χ3n) is 1.75. The second-order valence-electron chi connectivity index (χ2n) is 2.69. The molecule has 0 spiro atoms. The summed E-state index contributed by atoms with van der Waals surface area (Å²) in [5, 5.41) is 11.4. The molecular weight excluding hydrogens is 222 g/mol. The molecule has 1 fully saturated rings. The third kappa shape index (κ3) is 1.98. The van der Waals surface area contributed by atoms with Gasteiger partial charge in [-0.1, -0.05) is 23.1 Å². The van der Waals surface area contributed by atoms with Crippen molar-refractivity contribution < 1.29 is 9.53 Å². The number of cyclic esters (lactones) is 1. The lowest BCUT2D eigenvalue weighted by atomic mass is 10.4. The maximum Gasteiger partial charge on any atom is 0.319 e. The fraction of sp³-hybridized carbons (Fsp3) is 0.571. The molecule has 76 valence electrons. The average molecular weight is 231 g/mol. The van der Waals surface area contributed by atoms with Crippen LogP contribution in [0.1, 0.15) is 6.42 Å². The van der Waals surface area contributed by atoms with E-state index in [1.807, 2.05) is 0 Å². The Morgan fingerprint density at radius 2 is 2.50 bits per heavy atom. The molecule has 0 radical (unpaired) electrons. The molecule has 1 unspecified atom stereocenters. The SMILES string of the molecule is CNc1nnc(SC2CCOC2=O)s1. The molecule has 1 atom stereocenters. The molecule has 0 amide bonds. The summed E-state index contributed by atoms with van der Waals surface area (Å²) < 4.78 is 5.66. The van der Waals surface area contributed by atoms with Gasteiger partial charge in [-0.15, -0.1) is 10.2 Å². The number of hydrogen-bond donors (Lipinski definition) is 1. The Morgan fingerprint density at radius 3 is 3.07 bits per heavy atom. The van der Waals surface area contributed by atoms with Gasteiger partial charge in [0.2, 0.25) is 5.13 Å². The molecule has 0 aliphatic carbocycles. The van der Waals surface area contributed by atoms with Crippen molar-refractivity contribution >= 4 is 34.2 Å². The van der Waals surface area contributed by atoms with Crippen LogP contribution in [-0.2, 0) is 9.53 Å². The van der Waals surface area contributed by atoms with Gasteiger partial charge in [0.25, 0.3) is 0 Å². The van der Waals surface area contributed by atoms with E-state index < -0.39 is 0 Å². The zero-order chi connectivity index (χ0) is 9.97. The van der Waals surface area contributed by atoms with Crippen molar-refractivity contribution in [1.82, 2.24) is 10.2 Å². The van der Waals surface area contributed by atoms with Gasteiger partial charge in [-0.05, 0) is 0 Å². The first kappa shape index (κ1) is 9.72. The van der Waals surface area contributed by atoms with Crippen LogP contribution < -0.4 is 5.32 Å². The summed E-state index contributed by atoms with van der Waals surface area (Å²) in [5.41, 5.74) is 0. The van der Waals surface area contributed by atoms with Gasteiger partial charge < -0.3 is 10.1 Å². The quantitative estimate of drug-likeness (QED) is 0.783. The highest BCUT2D eigenvalue weighted by Crippen LogP contribution is 2.32. The van der Waals surface area contributed by atoms with Crippen molar-refractivity contribution in [1.29, 1.82) is 0 Å². The summed E-state index contributed by atoms with van der Waals surface area (Å²) in [7, 11) is 1.79. The molecule has 1 aliphatic rings. The van der Waals surface area contributed by atoms with Crippen molar-refractivity contribution in [3.63, 3.8) is 0 Å². The number of nitrogens with one attached hydrogen (secondary N) is 1. The molecule has 7 heteroatoms. The van der Waals surface area contributed by atoms with Crippen LogP contribution >= 0.6 is 23.1 Å². The minimum absolute atomic E-state index is 0.104. The lowest BCUT2D eigenvalue weighted by molar-refractivity contribution is -0.137. The molecular formula is C7H9N3O2S2. The first-order valence-electron chi connectivity index (χ1n) is 4.14. The van der Waals surface area contributed by atoms with Gasteiger partial charge >= 0.3 is 5.97 Å². The van der Waals surface area contributed by atoms with Crippen molar-refractivity contribution in [2.24, 2.45) is 0 Å². The van der Waals surface area contributed by atoms with Gasteiger partial charge in [0, 0.05) is 13.5 Å². The second kappa shape index (κ2) is 4.14. The topological polar surface area (TPSA) is 64.1 Å². The lowest BCUT2D eigenvalue weighted by Gasteiger charge is -1.99. The van der Waals surface area contributed by atoms with Crippen LogP contribution in [0.3, 0.4) is 0 Å². The second-order valence-corrected chi connectivity index (χ2v) is 5.11. The van der Waals surface area contributed by atoms with E-state index in [-0.39, 0.29) is 11.2 Å². The Bertz CT molecular complexity index is 341. The molecule has 0 bridgehead atoms. The minimum atomic E-state index is -0.142. The summed E-state index contributed by atoms with van der Waals surface area (Å²) in [6.07, 6.45) is 0.762. The van der Waals surface area contributed by atoms with Crippen molar-refractivity contribution in [2.45, 2.75) is 16.0 Å². The molecule has 2 rings (SSSR count). The maximum atomic E-state index is 11.2. The van der Waals surface area contributed by atoms with Crippen LogP contribution in [0.15, 0.2) is 4.34 Å². The number of aromatic nitrogens is 2. The largest absolute Gasteiger partial charge is 0.465 e. The standard InChI is InChI=1S/C7H9N3O2S2/c1-8-6-9-10-7(14-6)13-4-2-3-12-5(4)11/h4H,2-3H2,1H3,(H,8,9). The summed E-state index contributed by atoms with van der Waals surface area (Å²) in [4.78, 5) is 11.2. The molecule has 1 aliphatic heterocycles. The highest BCUT2D eigenvalue weighted by Gasteiger charge is 2.28. The number of carbonyl (C=O) groups is 1. The van der Waals surface area contributed by atoms with E-state index in [0.29, 0.717) is 6.61 Å². The molecule has 0 saturated carbocycles. The molecule has 0 aromatic carbocycles. The zero-order valence-corrected chi connectivity index (χ0v) is 9.15. The number of rotatable bonds is 3. The van der Waals surface area contributed by atoms with E-state index in [1.54, 1.807) is 7.05 Å². The van der Waals surface area contributed by atoms with Gasteiger partial charge in [0.05, 0.1) is 6.61 Å². The first-order chi connectivity index (χ1) is 6.79. The van der Waals surface area contributed by atoms with Crippen molar-refractivity contribution in [3.05, 3.63) is 0 Å². The van der Waals surface area contributed by atoms with E-state index in [9.17, 15) is 4.79 Å². The third-order valence-corrected chi connectivity index (χ3v) is 4.02. The monoisotopic (exact) mass is 231 g/mol. The van der Waals surface area contributed by atoms with Gasteiger partial charge in [0.1, 0.15) is 5.25 Å². The predicted molar refractivity (Wildman–Crippen MR) is 54.7 cm³/mol. The molecule has 1 saturated heterocycles. The number of anilines is 1. The summed E-state index contributed by atoms with van der Waals surface area (Å²) in [5.74, 6) is -0.142. The fourth-order valence-electron chi connectivity index (χ4n) is 1.06. The Hall–Kier alpha value is -0.820. The van der Waals surface area contributed by atoms with Crippen LogP contribution in [0.25, 0.3) is 0 Å². The van der Waals surface area contributed by atoms with E-state index in [0.717, 1.165) is 15.9 Å². The Kier molecular flexibility index (Phi) is 2.87. The minimum Gasteiger partial charge on any atom is -0.465 e. The summed E-state index contributed by atoms with van der Waals surface area (Å²) in [6, 6.07) is 0. The summed E-state index contributed by atoms with van der Waals surface area (Å²) in [6.45, 7) is 0.522. The van der Waals surface area contributed by atoms with Crippen LogP contribution in [0, 0.1) is 0 Å². The molecule has 14 heavy (non-hydrogen) atoms. The highest BCUT2D eigenvalue weighted by atomic mass is 32.2. The molecule has 1 N–H and O–H groups in total. The van der Waals surface area contributed by atoms with Crippen LogP contribution in [0.5, 0.6) is 0 Å². The van der Waals surface area contributed by atoms with Gasteiger partial charge in [-0.2, -0.15) is 0 Å². The van der Waals surface area contributed by atoms with Gasteiger partial charge in [0.15, 0.2) is 4.34 Å². The van der Waals surface area contributed by atoms with Crippen molar-refractivity contribution in [2.75, 3.05) is 19.0 Å². The number of nitrogens with zero attached hydrogens (tertiary/aromatic N) is 2. The molecule has 1 aromatic rings. The number of carbonyl (C=O) groups excluding carboxylic acids is 1. The number of hydrogen-bond acceptors (Lipinski definition) is 7. The first-order valence-corrected chi connectivity index (χ1v) is 5.84. The highest BCUT2D eigenvalue weighted by molar-refractivity contribution is 8.02. The van der Waals surface area contributed by atoms with E-state index in [2.05, 4.69) is 15.5 Å². The molecule has 2 heterocycles. The fourth-order valence-corrected chi connectivity index (χ4v) is 2.98. The van der Waals surface area contributed by atoms with Gasteiger partial charge in [-0.25, -0.2) is 0 Å². The Morgan fingerprint density at radius 1 is 1.64 bits per heavy atom. The lowest BCUT2D eigenvalue weighted by Crippen LogP contribution is -2.08. The number of thioether (sulfide) groups is 1. The van der Waals surface area contributed by atoms with Gasteiger partial charge in [-0.3, -0.25) is 4.79 Å². The van der Waals surface area contributed by atoms with E-state index in [1.165, 1.54) is 23.1 Å². The smallest absolute Gasteiger partial charge is 0.319 e. The predicted octanol–water partition coefficient (Wildman–Crippen LogP) is 0.987. The number of ether oxygens (including phenoxy) is 1. The Labute approximate surface area is 89.2 Å². The Balaban J connectivity index is 1.99. The maximum absolute atomic E-state index is 11.2. The van der Waals surface area contributed by atoms with Crippen LogP contribution in [0.2, 0.25) is 0 Å².